The van der Waals surface area contributed by atoms with Crippen molar-refractivity contribution < 1.29 is 33.4 Å². The van der Waals surface area contributed by atoms with E-state index in [9.17, 15) is 33.4 Å². The van der Waals surface area contributed by atoms with E-state index in [1.807, 2.05) is 6.07 Å². The van der Waals surface area contributed by atoms with E-state index >= 15 is 0 Å². The van der Waals surface area contributed by atoms with E-state index in [1.54, 1.807) is 24.3 Å². The van der Waals surface area contributed by atoms with E-state index in [2.05, 4.69) is 10.3 Å². The number of alkyl halides is 3. The van der Waals surface area contributed by atoms with Gasteiger partial charge in [-0.25, -0.2) is 4.98 Å². The lowest BCUT2D eigenvalue weighted by Gasteiger charge is -2.24. The SMILES string of the molecule is N#Cc1ccc2nc(-c3ccc(NC(=O)c4ccc(C(O)(O)C(F)(F)F)cc4)cc3)n(O)c2c1. The fourth-order valence-electron chi connectivity index (χ4n) is 3.24. The lowest BCUT2D eigenvalue weighted by molar-refractivity contribution is -0.358. The second-order valence-electron chi connectivity index (χ2n) is 7.34. The minimum atomic E-state index is -5.30. The van der Waals surface area contributed by atoms with E-state index < -0.39 is 23.4 Å². The zero-order valence-electron chi connectivity index (χ0n) is 17.1. The largest absolute Gasteiger partial charge is 0.447 e. The maximum atomic E-state index is 12.7. The molecule has 1 aromatic heterocycles. The number of amides is 1. The number of aliphatic hydroxyl groups is 2. The predicted octanol–water partition coefficient (Wildman–Crippen LogP) is 3.76. The highest BCUT2D eigenvalue weighted by Crippen LogP contribution is 2.36. The molecule has 0 bridgehead atoms. The second kappa shape index (κ2) is 8.18. The summed E-state index contributed by atoms with van der Waals surface area (Å²) in [6, 6.07) is 16.6. The van der Waals surface area contributed by atoms with Crippen LogP contribution in [0, 0.1) is 11.3 Å². The highest BCUT2D eigenvalue weighted by molar-refractivity contribution is 6.04. The Morgan fingerprint density at radius 3 is 2.24 bits per heavy atom. The number of hydrogen-bond acceptors (Lipinski definition) is 6. The summed E-state index contributed by atoms with van der Waals surface area (Å²) in [4.78, 5) is 16.8. The highest BCUT2D eigenvalue weighted by atomic mass is 19.4. The molecule has 0 spiro atoms. The second-order valence-corrected chi connectivity index (χ2v) is 7.34. The van der Waals surface area contributed by atoms with Crippen molar-refractivity contribution in [1.82, 2.24) is 9.71 Å². The van der Waals surface area contributed by atoms with Crippen molar-refractivity contribution in [2.75, 3.05) is 5.32 Å². The molecule has 1 amide bonds. The molecule has 0 fully saturated rings. The molecule has 4 N–H and O–H groups in total. The third kappa shape index (κ3) is 4.03. The van der Waals surface area contributed by atoms with Crippen molar-refractivity contribution in [2.45, 2.75) is 12.0 Å². The van der Waals surface area contributed by atoms with Crippen LogP contribution < -0.4 is 5.32 Å². The Morgan fingerprint density at radius 1 is 1.00 bits per heavy atom. The molecular formula is C23H15F3N4O4. The van der Waals surface area contributed by atoms with Gasteiger partial charge in [0.1, 0.15) is 5.52 Å². The van der Waals surface area contributed by atoms with Crippen molar-refractivity contribution in [3.8, 4) is 17.5 Å². The zero-order valence-corrected chi connectivity index (χ0v) is 17.1. The third-order valence-electron chi connectivity index (χ3n) is 5.11. The number of rotatable bonds is 4. The lowest BCUT2D eigenvalue weighted by Crippen LogP contribution is -2.42. The van der Waals surface area contributed by atoms with Crippen LogP contribution in [0.2, 0.25) is 0 Å². The van der Waals surface area contributed by atoms with Gasteiger partial charge in [-0.2, -0.15) is 23.2 Å². The Balaban J connectivity index is 1.51. The third-order valence-corrected chi connectivity index (χ3v) is 5.11. The fourth-order valence-corrected chi connectivity index (χ4v) is 3.24. The zero-order chi connectivity index (χ0) is 24.7. The number of nitriles is 1. The number of nitrogens with zero attached hydrogens (tertiary/aromatic N) is 3. The maximum Gasteiger partial charge on any atom is 0.447 e. The van der Waals surface area contributed by atoms with E-state index in [0.29, 0.717) is 27.8 Å². The predicted molar refractivity (Wildman–Crippen MR) is 114 cm³/mol. The monoisotopic (exact) mass is 468 g/mol. The van der Waals surface area contributed by atoms with Crippen LogP contribution in [0.15, 0.2) is 66.7 Å². The van der Waals surface area contributed by atoms with Gasteiger partial charge in [0.25, 0.3) is 11.7 Å². The summed E-state index contributed by atoms with van der Waals surface area (Å²) in [5.41, 5.74) is 1.26. The molecule has 172 valence electrons. The van der Waals surface area contributed by atoms with Crippen molar-refractivity contribution in [3.63, 3.8) is 0 Å². The Bertz CT molecular complexity index is 1420. The molecule has 0 atom stereocenters. The molecule has 0 saturated carbocycles. The van der Waals surface area contributed by atoms with Crippen LogP contribution in [0.3, 0.4) is 0 Å². The minimum Gasteiger partial charge on any atom is -0.426 e. The van der Waals surface area contributed by atoms with E-state index in [4.69, 9.17) is 5.26 Å². The summed E-state index contributed by atoms with van der Waals surface area (Å²) in [6.07, 6.45) is -5.30. The van der Waals surface area contributed by atoms with Crippen LogP contribution in [-0.2, 0) is 5.79 Å². The smallest absolute Gasteiger partial charge is 0.426 e. The van der Waals surface area contributed by atoms with Crippen LogP contribution in [0.25, 0.3) is 22.4 Å². The van der Waals surface area contributed by atoms with Crippen molar-refractivity contribution in [3.05, 3.63) is 83.4 Å². The lowest BCUT2D eigenvalue weighted by atomic mass is 10.0. The first kappa shape index (κ1) is 22.8. The average molecular weight is 468 g/mol. The van der Waals surface area contributed by atoms with Crippen LogP contribution >= 0.6 is 0 Å². The molecule has 3 aromatic carbocycles. The van der Waals surface area contributed by atoms with E-state index in [1.165, 1.54) is 18.2 Å². The Labute approximate surface area is 189 Å². The van der Waals surface area contributed by atoms with Gasteiger partial charge in [-0.05, 0) is 54.6 Å². The first-order valence-electron chi connectivity index (χ1n) is 9.67. The molecule has 0 radical (unpaired) electrons. The first-order valence-corrected chi connectivity index (χ1v) is 9.67. The van der Waals surface area contributed by atoms with Gasteiger partial charge in [0.15, 0.2) is 5.82 Å². The Kier molecular flexibility index (Phi) is 5.48. The van der Waals surface area contributed by atoms with Crippen LogP contribution in [0.4, 0.5) is 18.9 Å². The number of carbonyl (C=O) groups excluding carboxylic acids is 1. The van der Waals surface area contributed by atoms with Gasteiger partial charge in [0.05, 0.1) is 17.1 Å². The van der Waals surface area contributed by atoms with Crippen molar-refractivity contribution in [1.29, 1.82) is 5.26 Å². The van der Waals surface area contributed by atoms with Gasteiger partial charge in [-0.3, -0.25) is 4.79 Å². The van der Waals surface area contributed by atoms with Gasteiger partial charge in [0.2, 0.25) is 0 Å². The van der Waals surface area contributed by atoms with E-state index in [-0.39, 0.29) is 11.4 Å². The van der Waals surface area contributed by atoms with Crippen LogP contribution in [-0.4, -0.2) is 37.2 Å². The molecule has 0 saturated heterocycles. The molecule has 1 heterocycles. The Hall–Kier alpha value is -4.40. The molecule has 4 aromatic rings. The molecule has 0 aliphatic heterocycles. The molecular weight excluding hydrogens is 453 g/mol. The summed E-state index contributed by atoms with van der Waals surface area (Å²) < 4.78 is 39.0. The molecule has 0 aliphatic rings. The number of carbonyl (C=O) groups is 1. The van der Waals surface area contributed by atoms with Crippen LogP contribution in [0.5, 0.6) is 0 Å². The topological polar surface area (TPSA) is 131 Å². The Morgan fingerprint density at radius 2 is 1.65 bits per heavy atom. The fraction of sp³-hybridized carbons (Fsp3) is 0.0870. The maximum absolute atomic E-state index is 12.7. The van der Waals surface area contributed by atoms with Crippen LogP contribution in [0.1, 0.15) is 21.5 Å². The first-order chi connectivity index (χ1) is 16.0. The quantitative estimate of drug-likeness (QED) is 0.266. The van der Waals surface area contributed by atoms with Gasteiger partial charge in [0, 0.05) is 22.4 Å². The molecule has 11 heteroatoms. The number of aromatic nitrogens is 2. The van der Waals surface area contributed by atoms with Crippen molar-refractivity contribution >= 4 is 22.6 Å². The summed E-state index contributed by atoms with van der Waals surface area (Å²) in [7, 11) is 0. The number of nitrogens with one attached hydrogen (secondary N) is 1. The number of halogens is 3. The highest BCUT2D eigenvalue weighted by Gasteiger charge is 2.54. The van der Waals surface area contributed by atoms with Gasteiger partial charge in [-0.1, -0.05) is 12.1 Å². The molecule has 0 aliphatic carbocycles. The molecule has 8 nitrogen and oxygen atoms in total. The van der Waals surface area contributed by atoms with E-state index in [0.717, 1.165) is 29.0 Å². The molecule has 34 heavy (non-hydrogen) atoms. The average Bonchev–Trinajstić information content (AvgIpc) is 3.14. The summed E-state index contributed by atoms with van der Waals surface area (Å²) in [5.74, 6) is -4.44. The number of imidazole rings is 1. The number of fused-ring (bicyclic) bond motifs is 1. The molecule has 0 unspecified atom stereocenters. The number of hydrogen-bond donors (Lipinski definition) is 4. The normalized spacial score (nSPS) is 11.9. The summed E-state index contributed by atoms with van der Waals surface area (Å²) >= 11 is 0. The molecule has 4 rings (SSSR count). The van der Waals surface area contributed by atoms with Gasteiger partial charge < -0.3 is 20.7 Å². The van der Waals surface area contributed by atoms with Gasteiger partial charge in [-0.15, -0.1) is 0 Å². The van der Waals surface area contributed by atoms with Crippen molar-refractivity contribution in [2.24, 2.45) is 0 Å². The summed E-state index contributed by atoms with van der Waals surface area (Å²) in [5, 5.41) is 40.6. The van der Waals surface area contributed by atoms with Gasteiger partial charge >= 0.3 is 6.18 Å². The minimum absolute atomic E-state index is 0.00347. The number of benzene rings is 3. The number of anilines is 1. The standard InChI is InChI=1S/C23H15F3N4O4/c24-23(25,26)22(32,33)16-6-2-15(3-7-16)21(31)28-17-8-4-14(5-9-17)20-29-18-10-1-13(12-27)11-19(18)30(20)34/h1-11,32-34H,(H,28,31). The summed E-state index contributed by atoms with van der Waals surface area (Å²) in [6.45, 7) is 0.